The molecule has 0 radical (unpaired) electrons. The molecule has 3 N–H and O–H groups in total. The molecule has 0 bridgehead atoms. The van der Waals surface area contributed by atoms with Gasteiger partial charge in [-0.15, -0.1) is 0 Å². The molecule has 2 nitrogen and oxygen atoms in total. The van der Waals surface area contributed by atoms with Crippen LogP contribution in [0.15, 0.2) is 0 Å². The van der Waals surface area contributed by atoms with Crippen LogP contribution in [0.4, 0.5) is 5.69 Å². The summed E-state index contributed by atoms with van der Waals surface area (Å²) in [6.45, 7) is 4.38. The minimum Gasteiger partial charge on any atom is -0.398 e. The maximum absolute atomic E-state index is 6.26. The van der Waals surface area contributed by atoms with E-state index in [0.717, 1.165) is 18.5 Å². The number of H-pyrrole nitrogens is 1. The molecule has 15 heavy (non-hydrogen) atoms. The van der Waals surface area contributed by atoms with E-state index in [4.69, 9.17) is 5.73 Å². The zero-order valence-electron chi connectivity index (χ0n) is 9.82. The first-order valence-corrected chi connectivity index (χ1v) is 6.06. The predicted octanol–water partition coefficient (Wildman–Crippen LogP) is 2.22. The van der Waals surface area contributed by atoms with Gasteiger partial charge in [-0.05, 0) is 25.7 Å². The summed E-state index contributed by atoms with van der Waals surface area (Å²) in [5.41, 5.74) is 12.7. The molecular formula is C13H21N2+. The van der Waals surface area contributed by atoms with Crippen LogP contribution in [0, 0.1) is 6.92 Å². The number of fused-ring (bicyclic) bond motifs is 1. The van der Waals surface area contributed by atoms with Gasteiger partial charge in [0.15, 0.2) is 11.4 Å². The molecule has 1 aliphatic carbocycles. The smallest absolute Gasteiger partial charge is 0.185 e. The highest BCUT2D eigenvalue weighted by atomic mass is 14.8. The number of nitrogen functional groups attached to an aromatic ring is 1. The van der Waals surface area contributed by atoms with Gasteiger partial charge in [0.25, 0.3) is 0 Å². The molecule has 0 spiro atoms. The van der Waals surface area contributed by atoms with E-state index in [9.17, 15) is 0 Å². The molecule has 82 valence electrons. The number of nitrogens with one attached hydrogen (secondary N) is 1. The van der Waals surface area contributed by atoms with Crippen LogP contribution in [0.5, 0.6) is 0 Å². The van der Waals surface area contributed by atoms with E-state index >= 15 is 0 Å². The van der Waals surface area contributed by atoms with E-state index in [-0.39, 0.29) is 0 Å². The van der Waals surface area contributed by atoms with Crippen LogP contribution in [-0.4, -0.2) is 0 Å². The van der Waals surface area contributed by atoms with Crippen molar-refractivity contribution in [2.75, 3.05) is 5.73 Å². The van der Waals surface area contributed by atoms with Gasteiger partial charge in [-0.2, -0.15) is 0 Å². The fourth-order valence-corrected chi connectivity index (χ4v) is 2.54. The summed E-state index contributed by atoms with van der Waals surface area (Å²) in [5.74, 6) is 0. The minimum atomic E-state index is 1.08. The average molecular weight is 205 g/mol. The number of aromatic nitrogens is 1. The normalized spacial score (nSPS) is 14.3. The van der Waals surface area contributed by atoms with Gasteiger partial charge >= 0.3 is 0 Å². The van der Waals surface area contributed by atoms with Crippen molar-refractivity contribution in [3.05, 3.63) is 22.5 Å². The molecule has 0 unspecified atom stereocenters. The Kier molecular flexibility index (Phi) is 2.94. The molecule has 0 aromatic carbocycles. The standard InChI is InChI=1S/C13H20N2/c1-3-4-6-10-9(2)15-12-8-5-7-11(12)13(10)14/h3-8H2,1-2H3,(H2,14,15)/p+1. The molecule has 0 saturated carbocycles. The number of aromatic amines is 1. The quantitative estimate of drug-likeness (QED) is 0.807. The highest BCUT2D eigenvalue weighted by molar-refractivity contribution is 5.56. The first-order valence-electron chi connectivity index (χ1n) is 6.06. The van der Waals surface area contributed by atoms with Gasteiger partial charge in [-0.3, -0.25) is 0 Å². The van der Waals surface area contributed by atoms with Crippen molar-refractivity contribution in [1.82, 2.24) is 0 Å². The van der Waals surface area contributed by atoms with Crippen molar-refractivity contribution >= 4 is 5.69 Å². The van der Waals surface area contributed by atoms with Crippen LogP contribution in [0.3, 0.4) is 0 Å². The maximum Gasteiger partial charge on any atom is 0.185 e. The molecule has 2 heteroatoms. The molecular weight excluding hydrogens is 184 g/mol. The summed E-state index contributed by atoms with van der Waals surface area (Å²) < 4.78 is 0. The first kappa shape index (κ1) is 10.5. The number of hydrogen-bond acceptors (Lipinski definition) is 1. The van der Waals surface area contributed by atoms with E-state index in [1.165, 1.54) is 48.2 Å². The summed E-state index contributed by atoms with van der Waals surface area (Å²) in [5, 5.41) is 0. The van der Waals surface area contributed by atoms with E-state index in [1.54, 1.807) is 0 Å². The zero-order valence-corrected chi connectivity index (χ0v) is 9.82. The van der Waals surface area contributed by atoms with Crippen molar-refractivity contribution in [2.24, 2.45) is 0 Å². The average Bonchev–Trinajstić information content (AvgIpc) is 2.65. The Balaban J connectivity index is 2.37. The Morgan fingerprint density at radius 1 is 1.33 bits per heavy atom. The van der Waals surface area contributed by atoms with Crippen molar-refractivity contribution in [1.29, 1.82) is 0 Å². The number of unbranched alkanes of at least 4 members (excludes halogenated alkanes) is 1. The third kappa shape index (κ3) is 1.85. The molecule has 0 fully saturated rings. The number of hydrogen-bond donors (Lipinski definition) is 1. The lowest BCUT2D eigenvalue weighted by atomic mass is 10.0. The Labute approximate surface area is 91.9 Å². The van der Waals surface area contributed by atoms with Crippen LogP contribution in [0.2, 0.25) is 0 Å². The lowest BCUT2D eigenvalue weighted by molar-refractivity contribution is -0.399. The van der Waals surface area contributed by atoms with Gasteiger partial charge < -0.3 is 5.73 Å². The zero-order chi connectivity index (χ0) is 10.8. The van der Waals surface area contributed by atoms with Gasteiger partial charge in [0.1, 0.15) is 0 Å². The second-order valence-electron chi connectivity index (χ2n) is 4.56. The second kappa shape index (κ2) is 4.21. The Morgan fingerprint density at radius 2 is 2.13 bits per heavy atom. The number of anilines is 1. The fraction of sp³-hybridized carbons (Fsp3) is 0.615. The third-order valence-electron chi connectivity index (χ3n) is 3.44. The molecule has 0 amide bonds. The number of nitrogens with two attached hydrogens (primary N) is 1. The second-order valence-corrected chi connectivity index (χ2v) is 4.56. The largest absolute Gasteiger partial charge is 0.398 e. The Bertz CT molecular complexity index is 369. The van der Waals surface area contributed by atoms with Crippen molar-refractivity contribution < 1.29 is 4.98 Å². The summed E-state index contributed by atoms with van der Waals surface area (Å²) in [6.07, 6.45) is 7.18. The SMILES string of the molecule is CCCCc1c(C)[nH+]c2c(c1N)CCC2. The molecule has 0 aliphatic heterocycles. The van der Waals surface area contributed by atoms with Crippen LogP contribution in [-0.2, 0) is 19.3 Å². The van der Waals surface area contributed by atoms with Crippen molar-refractivity contribution in [3.63, 3.8) is 0 Å². The summed E-state index contributed by atoms with van der Waals surface area (Å²) in [7, 11) is 0. The minimum absolute atomic E-state index is 1.08. The fourth-order valence-electron chi connectivity index (χ4n) is 2.54. The maximum atomic E-state index is 6.26. The topological polar surface area (TPSA) is 40.2 Å². The van der Waals surface area contributed by atoms with E-state index in [2.05, 4.69) is 18.8 Å². The van der Waals surface area contributed by atoms with Gasteiger partial charge in [0.2, 0.25) is 0 Å². The highest BCUT2D eigenvalue weighted by Gasteiger charge is 2.24. The van der Waals surface area contributed by atoms with Crippen LogP contribution < -0.4 is 10.7 Å². The molecule has 0 saturated heterocycles. The molecule has 1 aliphatic rings. The Hall–Kier alpha value is -1.05. The van der Waals surface area contributed by atoms with E-state index < -0.39 is 0 Å². The van der Waals surface area contributed by atoms with E-state index in [0.29, 0.717) is 0 Å². The highest BCUT2D eigenvalue weighted by Crippen LogP contribution is 2.28. The molecule has 1 aromatic heterocycles. The number of rotatable bonds is 3. The number of pyridine rings is 1. The monoisotopic (exact) mass is 205 g/mol. The molecule has 1 heterocycles. The first-order chi connectivity index (χ1) is 7.24. The molecule has 0 atom stereocenters. The third-order valence-corrected chi connectivity index (χ3v) is 3.44. The summed E-state index contributed by atoms with van der Waals surface area (Å²) >= 11 is 0. The van der Waals surface area contributed by atoms with Gasteiger partial charge in [-0.25, -0.2) is 4.98 Å². The van der Waals surface area contributed by atoms with Gasteiger partial charge in [0, 0.05) is 24.5 Å². The molecule has 2 rings (SSSR count). The van der Waals surface area contributed by atoms with Crippen LogP contribution in [0.25, 0.3) is 0 Å². The summed E-state index contributed by atoms with van der Waals surface area (Å²) in [6, 6.07) is 0. The van der Waals surface area contributed by atoms with Crippen molar-refractivity contribution in [3.8, 4) is 0 Å². The lowest BCUT2D eigenvalue weighted by Crippen LogP contribution is -2.20. The van der Waals surface area contributed by atoms with Crippen LogP contribution >= 0.6 is 0 Å². The van der Waals surface area contributed by atoms with Crippen LogP contribution in [0.1, 0.15) is 48.7 Å². The summed E-state index contributed by atoms with van der Waals surface area (Å²) in [4.78, 5) is 3.53. The predicted molar refractivity (Wildman–Crippen MR) is 62.8 cm³/mol. The van der Waals surface area contributed by atoms with Gasteiger partial charge in [-0.1, -0.05) is 13.3 Å². The van der Waals surface area contributed by atoms with Gasteiger partial charge in [0.05, 0.1) is 5.69 Å². The van der Waals surface area contributed by atoms with Crippen molar-refractivity contribution in [2.45, 2.75) is 52.4 Å². The lowest BCUT2D eigenvalue weighted by Gasteiger charge is -2.08. The van der Waals surface area contributed by atoms with E-state index in [1.807, 2.05) is 0 Å². The Morgan fingerprint density at radius 3 is 2.87 bits per heavy atom. The molecule has 1 aromatic rings. The number of aryl methyl sites for hydroxylation is 2.